The smallest absolute Gasteiger partial charge is 0.257 e. The zero-order valence-electron chi connectivity index (χ0n) is 16.3. The van der Waals surface area contributed by atoms with E-state index in [9.17, 15) is 9.59 Å². The minimum absolute atomic E-state index is 0.0852. The van der Waals surface area contributed by atoms with Gasteiger partial charge in [-0.05, 0) is 46.8 Å². The number of nitrogens with zero attached hydrogens (tertiary/aromatic N) is 4. The van der Waals surface area contributed by atoms with E-state index in [1.165, 1.54) is 11.8 Å². The standard InChI is InChI=1S/C22H18N6O2S/c29-20(15-31-22-25-26-27-28(22)17-11-5-2-6-12-17)24-19-14-8-7-13-18(19)21(30)23-16-9-3-1-4-10-16/h1-14H,15H2,(H,23,30)(H,24,29). The zero-order valence-corrected chi connectivity index (χ0v) is 17.1. The number of hydrogen-bond donors (Lipinski definition) is 2. The lowest BCUT2D eigenvalue weighted by molar-refractivity contribution is -0.113. The van der Waals surface area contributed by atoms with E-state index in [-0.39, 0.29) is 17.6 Å². The average Bonchev–Trinajstić information content (AvgIpc) is 3.28. The first-order chi connectivity index (χ1) is 15.2. The number of hydrogen-bond acceptors (Lipinski definition) is 6. The summed E-state index contributed by atoms with van der Waals surface area (Å²) >= 11 is 1.21. The number of benzene rings is 3. The molecule has 2 amide bonds. The Balaban J connectivity index is 1.41. The molecule has 0 atom stereocenters. The van der Waals surface area contributed by atoms with Gasteiger partial charge in [0.1, 0.15) is 0 Å². The van der Waals surface area contributed by atoms with Crippen molar-refractivity contribution >= 4 is 35.0 Å². The lowest BCUT2D eigenvalue weighted by Gasteiger charge is -2.11. The fraction of sp³-hybridized carbons (Fsp3) is 0.0455. The lowest BCUT2D eigenvalue weighted by atomic mass is 10.1. The Morgan fingerprint density at radius 3 is 2.29 bits per heavy atom. The van der Waals surface area contributed by atoms with Crippen LogP contribution in [0.2, 0.25) is 0 Å². The Labute approximate surface area is 182 Å². The Kier molecular flexibility index (Phi) is 6.34. The Hall–Kier alpha value is -3.98. The van der Waals surface area contributed by atoms with Crippen LogP contribution >= 0.6 is 11.8 Å². The molecule has 0 aliphatic rings. The molecule has 4 rings (SSSR count). The summed E-state index contributed by atoms with van der Waals surface area (Å²) in [6, 6.07) is 25.4. The molecule has 0 spiro atoms. The van der Waals surface area contributed by atoms with Crippen molar-refractivity contribution in [3.05, 3.63) is 90.5 Å². The highest BCUT2D eigenvalue weighted by atomic mass is 32.2. The maximum absolute atomic E-state index is 12.7. The molecule has 3 aromatic carbocycles. The first-order valence-corrected chi connectivity index (χ1v) is 10.4. The maximum Gasteiger partial charge on any atom is 0.257 e. The van der Waals surface area contributed by atoms with Crippen LogP contribution in [0.3, 0.4) is 0 Å². The van der Waals surface area contributed by atoms with Crippen LogP contribution in [0, 0.1) is 0 Å². The van der Waals surface area contributed by atoms with Gasteiger partial charge in [-0.15, -0.1) is 5.10 Å². The molecular formula is C22H18N6O2S. The van der Waals surface area contributed by atoms with Gasteiger partial charge in [0.25, 0.3) is 5.91 Å². The molecule has 0 bridgehead atoms. The summed E-state index contributed by atoms with van der Waals surface area (Å²) in [6.45, 7) is 0. The van der Waals surface area contributed by atoms with E-state index >= 15 is 0 Å². The third-order valence-corrected chi connectivity index (χ3v) is 5.17. The predicted molar refractivity (Wildman–Crippen MR) is 119 cm³/mol. The number of amides is 2. The highest BCUT2D eigenvalue weighted by Crippen LogP contribution is 2.20. The molecule has 4 aromatic rings. The van der Waals surface area contributed by atoms with Crippen LogP contribution in [-0.2, 0) is 4.79 Å². The van der Waals surface area contributed by atoms with E-state index in [0.29, 0.717) is 22.1 Å². The fourth-order valence-electron chi connectivity index (χ4n) is 2.83. The number of carbonyl (C=O) groups excluding carboxylic acids is 2. The lowest BCUT2D eigenvalue weighted by Crippen LogP contribution is -2.19. The number of thioether (sulfide) groups is 1. The average molecular weight is 430 g/mol. The molecule has 1 aromatic heterocycles. The summed E-state index contributed by atoms with van der Waals surface area (Å²) in [7, 11) is 0. The summed E-state index contributed by atoms with van der Waals surface area (Å²) in [5.74, 6) is -0.489. The van der Waals surface area contributed by atoms with Crippen molar-refractivity contribution in [2.24, 2.45) is 0 Å². The highest BCUT2D eigenvalue weighted by Gasteiger charge is 2.15. The second kappa shape index (κ2) is 9.68. The number of anilines is 2. The fourth-order valence-corrected chi connectivity index (χ4v) is 3.52. The first kappa shape index (κ1) is 20.3. The number of aromatic nitrogens is 4. The van der Waals surface area contributed by atoms with Gasteiger partial charge in [0.15, 0.2) is 0 Å². The third kappa shape index (κ3) is 5.14. The number of tetrazole rings is 1. The summed E-state index contributed by atoms with van der Waals surface area (Å²) in [4.78, 5) is 25.2. The van der Waals surface area contributed by atoms with E-state index in [2.05, 4.69) is 26.2 Å². The van der Waals surface area contributed by atoms with Crippen LogP contribution in [0.15, 0.2) is 90.1 Å². The van der Waals surface area contributed by atoms with Crippen LogP contribution < -0.4 is 10.6 Å². The number of carbonyl (C=O) groups is 2. The van der Waals surface area contributed by atoms with Crippen molar-refractivity contribution < 1.29 is 9.59 Å². The van der Waals surface area contributed by atoms with Gasteiger partial charge in [0.05, 0.1) is 22.7 Å². The molecule has 31 heavy (non-hydrogen) atoms. The molecule has 154 valence electrons. The van der Waals surface area contributed by atoms with Gasteiger partial charge in [0, 0.05) is 5.69 Å². The van der Waals surface area contributed by atoms with E-state index < -0.39 is 0 Å². The maximum atomic E-state index is 12.7. The molecule has 0 saturated heterocycles. The number of rotatable bonds is 7. The van der Waals surface area contributed by atoms with Gasteiger partial charge in [-0.2, -0.15) is 4.68 Å². The monoisotopic (exact) mass is 430 g/mol. The predicted octanol–water partition coefficient (Wildman–Crippen LogP) is 3.65. The molecule has 0 aliphatic heterocycles. The van der Waals surface area contributed by atoms with E-state index in [0.717, 1.165) is 5.69 Å². The molecule has 0 aliphatic carbocycles. The molecule has 0 radical (unpaired) electrons. The topological polar surface area (TPSA) is 102 Å². The second-order valence-electron chi connectivity index (χ2n) is 6.41. The Morgan fingerprint density at radius 1 is 0.839 bits per heavy atom. The summed E-state index contributed by atoms with van der Waals surface area (Å²) in [6.07, 6.45) is 0. The number of para-hydroxylation sites is 3. The molecule has 0 saturated carbocycles. The SMILES string of the molecule is O=C(CSc1nnnn1-c1ccccc1)Nc1ccccc1C(=O)Nc1ccccc1. The largest absolute Gasteiger partial charge is 0.325 e. The van der Waals surface area contributed by atoms with Crippen LogP contribution in [-0.4, -0.2) is 37.8 Å². The van der Waals surface area contributed by atoms with Gasteiger partial charge in [0.2, 0.25) is 11.1 Å². The summed E-state index contributed by atoms with van der Waals surface area (Å²) in [5, 5.41) is 17.8. The molecule has 2 N–H and O–H groups in total. The van der Waals surface area contributed by atoms with E-state index in [4.69, 9.17) is 0 Å². The summed E-state index contributed by atoms with van der Waals surface area (Å²) < 4.78 is 1.57. The molecule has 0 unspecified atom stereocenters. The van der Waals surface area contributed by atoms with Gasteiger partial charge in [-0.25, -0.2) is 0 Å². The van der Waals surface area contributed by atoms with Gasteiger partial charge in [-0.1, -0.05) is 60.3 Å². The van der Waals surface area contributed by atoms with Crippen LogP contribution in [0.1, 0.15) is 10.4 Å². The Morgan fingerprint density at radius 2 is 1.52 bits per heavy atom. The third-order valence-electron chi connectivity index (χ3n) is 4.25. The minimum atomic E-state index is -0.303. The Bertz CT molecular complexity index is 1180. The van der Waals surface area contributed by atoms with Gasteiger partial charge < -0.3 is 10.6 Å². The molecule has 9 heteroatoms. The van der Waals surface area contributed by atoms with Crippen molar-refractivity contribution in [1.82, 2.24) is 20.2 Å². The van der Waals surface area contributed by atoms with Gasteiger partial charge >= 0.3 is 0 Å². The van der Waals surface area contributed by atoms with Crippen LogP contribution in [0.25, 0.3) is 5.69 Å². The quantitative estimate of drug-likeness (QED) is 0.434. The molecular weight excluding hydrogens is 412 g/mol. The zero-order chi connectivity index (χ0) is 21.5. The minimum Gasteiger partial charge on any atom is -0.325 e. The van der Waals surface area contributed by atoms with Crippen molar-refractivity contribution in [2.75, 3.05) is 16.4 Å². The number of nitrogens with one attached hydrogen (secondary N) is 2. The van der Waals surface area contributed by atoms with Crippen molar-refractivity contribution in [1.29, 1.82) is 0 Å². The van der Waals surface area contributed by atoms with E-state index in [1.54, 1.807) is 41.1 Å². The van der Waals surface area contributed by atoms with Crippen molar-refractivity contribution in [3.63, 3.8) is 0 Å². The van der Waals surface area contributed by atoms with Crippen molar-refractivity contribution in [2.45, 2.75) is 5.16 Å². The summed E-state index contributed by atoms with van der Waals surface area (Å²) in [5.41, 5.74) is 2.29. The van der Waals surface area contributed by atoms with Crippen LogP contribution in [0.5, 0.6) is 0 Å². The molecule has 0 fully saturated rings. The molecule has 8 nitrogen and oxygen atoms in total. The van der Waals surface area contributed by atoms with Gasteiger partial charge in [-0.3, -0.25) is 9.59 Å². The second-order valence-corrected chi connectivity index (χ2v) is 7.35. The van der Waals surface area contributed by atoms with Crippen LogP contribution in [0.4, 0.5) is 11.4 Å². The molecule has 1 heterocycles. The highest BCUT2D eigenvalue weighted by molar-refractivity contribution is 7.99. The van der Waals surface area contributed by atoms with Crippen molar-refractivity contribution in [3.8, 4) is 5.69 Å². The first-order valence-electron chi connectivity index (χ1n) is 9.42. The normalized spacial score (nSPS) is 10.5. The van der Waals surface area contributed by atoms with E-state index in [1.807, 2.05) is 48.5 Å².